The van der Waals surface area contributed by atoms with Crippen LogP contribution < -0.4 is 10.1 Å². The van der Waals surface area contributed by atoms with Crippen molar-refractivity contribution in [1.29, 1.82) is 0 Å². The highest BCUT2D eigenvalue weighted by Crippen LogP contribution is 2.34. The number of nitrogens with one attached hydrogen (secondary N) is 1. The van der Waals surface area contributed by atoms with Gasteiger partial charge in [-0.2, -0.15) is 0 Å². The van der Waals surface area contributed by atoms with Crippen molar-refractivity contribution < 1.29 is 9.47 Å². The summed E-state index contributed by atoms with van der Waals surface area (Å²) in [6.07, 6.45) is 6.67. The number of para-hydroxylation sites is 1. The van der Waals surface area contributed by atoms with Crippen molar-refractivity contribution in [2.75, 3.05) is 19.8 Å². The molecule has 0 aromatic heterocycles. The molecule has 1 saturated carbocycles. The maximum atomic E-state index is 6.17. The summed E-state index contributed by atoms with van der Waals surface area (Å²) >= 11 is 0. The highest BCUT2D eigenvalue weighted by atomic mass is 16.5. The highest BCUT2D eigenvalue weighted by molar-refractivity contribution is 5.38. The van der Waals surface area contributed by atoms with E-state index in [-0.39, 0.29) is 12.1 Å². The van der Waals surface area contributed by atoms with E-state index in [0.717, 1.165) is 31.2 Å². The predicted octanol–water partition coefficient (Wildman–Crippen LogP) is 3.70. The Morgan fingerprint density at radius 3 is 2.90 bits per heavy atom. The Balaban J connectivity index is 1.61. The first-order valence-electron chi connectivity index (χ1n) is 8.45. The molecule has 1 aromatic rings. The maximum Gasteiger partial charge on any atom is 0.124 e. The van der Waals surface area contributed by atoms with E-state index in [9.17, 15) is 0 Å². The van der Waals surface area contributed by atoms with Crippen LogP contribution in [-0.4, -0.2) is 25.9 Å². The zero-order valence-electron chi connectivity index (χ0n) is 13.0. The lowest BCUT2D eigenvalue weighted by atomic mass is 9.83. The van der Waals surface area contributed by atoms with E-state index in [0.29, 0.717) is 6.61 Å². The van der Waals surface area contributed by atoms with E-state index in [1.165, 1.54) is 31.2 Å². The largest absolute Gasteiger partial charge is 0.490 e. The van der Waals surface area contributed by atoms with Crippen LogP contribution in [0, 0.1) is 5.92 Å². The molecule has 0 saturated heterocycles. The molecule has 1 aromatic carbocycles. The average Bonchev–Trinajstić information content (AvgIpc) is 2.48. The third-order valence-electron chi connectivity index (χ3n) is 4.73. The van der Waals surface area contributed by atoms with Crippen LogP contribution in [0.5, 0.6) is 5.75 Å². The normalized spacial score (nSPS) is 25.0. The smallest absolute Gasteiger partial charge is 0.124 e. The van der Waals surface area contributed by atoms with Crippen molar-refractivity contribution in [3.63, 3.8) is 0 Å². The van der Waals surface area contributed by atoms with Crippen LogP contribution in [0.15, 0.2) is 24.3 Å². The molecule has 3 rings (SSSR count). The lowest BCUT2D eigenvalue weighted by Gasteiger charge is -2.35. The Kier molecular flexibility index (Phi) is 5.15. The lowest BCUT2D eigenvalue weighted by Crippen LogP contribution is -2.41. The Bertz CT molecular complexity index is 445. The number of ether oxygens (including phenoxy) is 2. The van der Waals surface area contributed by atoms with Gasteiger partial charge in [0.2, 0.25) is 0 Å². The quantitative estimate of drug-likeness (QED) is 0.830. The first kappa shape index (κ1) is 14.9. The number of hydrogen-bond acceptors (Lipinski definition) is 3. The van der Waals surface area contributed by atoms with E-state index in [1.54, 1.807) is 0 Å². The second kappa shape index (κ2) is 7.28. The van der Waals surface area contributed by atoms with Gasteiger partial charge >= 0.3 is 0 Å². The van der Waals surface area contributed by atoms with Crippen molar-refractivity contribution in [2.45, 2.75) is 51.2 Å². The van der Waals surface area contributed by atoms with Gasteiger partial charge in [-0.3, -0.25) is 0 Å². The molecule has 116 valence electrons. The van der Waals surface area contributed by atoms with E-state index in [1.807, 2.05) is 6.07 Å². The molecule has 0 spiro atoms. The molecule has 1 heterocycles. The Labute approximate surface area is 128 Å². The van der Waals surface area contributed by atoms with Crippen molar-refractivity contribution in [3.8, 4) is 5.75 Å². The van der Waals surface area contributed by atoms with Crippen molar-refractivity contribution in [1.82, 2.24) is 5.32 Å². The molecule has 1 aliphatic heterocycles. The van der Waals surface area contributed by atoms with Crippen LogP contribution >= 0.6 is 0 Å². The molecule has 3 nitrogen and oxygen atoms in total. The second-order valence-corrected chi connectivity index (χ2v) is 6.28. The summed E-state index contributed by atoms with van der Waals surface area (Å²) in [4.78, 5) is 0. The minimum atomic E-state index is 0.131. The summed E-state index contributed by atoms with van der Waals surface area (Å²) in [6, 6.07) is 8.59. The third-order valence-corrected chi connectivity index (χ3v) is 4.73. The molecule has 1 N–H and O–H groups in total. The number of hydrogen-bond donors (Lipinski definition) is 1. The molecule has 0 radical (unpaired) electrons. The first-order chi connectivity index (χ1) is 10.4. The second-order valence-electron chi connectivity index (χ2n) is 6.28. The molecule has 21 heavy (non-hydrogen) atoms. The van der Waals surface area contributed by atoms with Gasteiger partial charge in [0.1, 0.15) is 18.5 Å². The summed E-state index contributed by atoms with van der Waals surface area (Å²) in [5.41, 5.74) is 1.24. The van der Waals surface area contributed by atoms with Crippen LogP contribution in [0.25, 0.3) is 0 Å². The zero-order valence-corrected chi connectivity index (χ0v) is 13.0. The van der Waals surface area contributed by atoms with E-state index in [4.69, 9.17) is 9.47 Å². The molecule has 2 unspecified atom stereocenters. The monoisotopic (exact) mass is 289 g/mol. The Morgan fingerprint density at radius 2 is 2.14 bits per heavy atom. The standard InChI is InChI=1S/C18H27NO2/c1-2-11-19-18-15-8-3-4-9-16(15)21-13-17(18)20-12-10-14-6-5-7-14/h3-4,8-9,14,17-19H,2,5-7,10-13H2,1H3. The first-order valence-corrected chi connectivity index (χ1v) is 8.45. The molecule has 1 fully saturated rings. The van der Waals surface area contributed by atoms with Crippen LogP contribution in [0.1, 0.15) is 50.6 Å². The third kappa shape index (κ3) is 3.58. The van der Waals surface area contributed by atoms with Crippen molar-refractivity contribution in [2.24, 2.45) is 5.92 Å². The van der Waals surface area contributed by atoms with Gasteiger partial charge in [-0.25, -0.2) is 0 Å². The van der Waals surface area contributed by atoms with Crippen molar-refractivity contribution >= 4 is 0 Å². The van der Waals surface area contributed by atoms with Gasteiger partial charge in [0.15, 0.2) is 0 Å². The zero-order chi connectivity index (χ0) is 14.5. The minimum Gasteiger partial charge on any atom is -0.490 e. The molecule has 1 aliphatic carbocycles. The fourth-order valence-electron chi connectivity index (χ4n) is 3.19. The molecule has 0 amide bonds. The topological polar surface area (TPSA) is 30.5 Å². The summed E-state index contributed by atoms with van der Waals surface area (Å²) < 4.78 is 12.0. The minimum absolute atomic E-state index is 0.131. The molecular weight excluding hydrogens is 262 g/mol. The Hall–Kier alpha value is -1.06. The lowest BCUT2D eigenvalue weighted by molar-refractivity contribution is -0.0232. The summed E-state index contributed by atoms with van der Waals surface area (Å²) in [5.74, 6) is 1.91. The van der Waals surface area contributed by atoms with Gasteiger partial charge in [0, 0.05) is 12.2 Å². The van der Waals surface area contributed by atoms with Gasteiger partial charge in [-0.15, -0.1) is 0 Å². The fraction of sp³-hybridized carbons (Fsp3) is 0.667. The van der Waals surface area contributed by atoms with E-state index < -0.39 is 0 Å². The average molecular weight is 289 g/mol. The highest BCUT2D eigenvalue weighted by Gasteiger charge is 2.31. The molecule has 2 atom stereocenters. The van der Waals surface area contributed by atoms with Gasteiger partial charge in [-0.05, 0) is 31.4 Å². The molecular formula is C18H27NO2. The van der Waals surface area contributed by atoms with Crippen LogP contribution in [-0.2, 0) is 4.74 Å². The predicted molar refractivity (Wildman–Crippen MR) is 84.7 cm³/mol. The van der Waals surface area contributed by atoms with Gasteiger partial charge in [0.25, 0.3) is 0 Å². The number of benzene rings is 1. The summed E-state index contributed by atoms with van der Waals surface area (Å²) in [7, 11) is 0. The SMILES string of the molecule is CCCNC1c2ccccc2OCC1OCCC1CCC1. The van der Waals surface area contributed by atoms with Gasteiger partial charge in [-0.1, -0.05) is 44.4 Å². The molecule has 0 bridgehead atoms. The van der Waals surface area contributed by atoms with E-state index >= 15 is 0 Å². The maximum absolute atomic E-state index is 6.17. The number of rotatable bonds is 7. The summed E-state index contributed by atoms with van der Waals surface area (Å²) in [6.45, 7) is 4.74. The van der Waals surface area contributed by atoms with Crippen molar-refractivity contribution in [3.05, 3.63) is 29.8 Å². The van der Waals surface area contributed by atoms with Crippen LogP contribution in [0.3, 0.4) is 0 Å². The van der Waals surface area contributed by atoms with Gasteiger partial charge < -0.3 is 14.8 Å². The fourth-order valence-corrected chi connectivity index (χ4v) is 3.19. The van der Waals surface area contributed by atoms with Crippen LogP contribution in [0.4, 0.5) is 0 Å². The number of fused-ring (bicyclic) bond motifs is 1. The van der Waals surface area contributed by atoms with E-state index in [2.05, 4.69) is 30.4 Å². The molecule has 2 aliphatic rings. The Morgan fingerprint density at radius 1 is 1.29 bits per heavy atom. The van der Waals surface area contributed by atoms with Crippen LogP contribution in [0.2, 0.25) is 0 Å². The molecule has 3 heteroatoms. The van der Waals surface area contributed by atoms with Gasteiger partial charge in [0.05, 0.1) is 6.04 Å². The summed E-state index contributed by atoms with van der Waals surface area (Å²) in [5, 5.41) is 3.64.